The van der Waals surface area contributed by atoms with Crippen LogP contribution in [0.4, 0.5) is 0 Å². The number of thioether (sulfide) groups is 1. The van der Waals surface area contributed by atoms with Gasteiger partial charge < -0.3 is 57.4 Å². The first kappa shape index (κ1) is 56.8. The summed E-state index contributed by atoms with van der Waals surface area (Å²) in [6.45, 7) is 7.74. The fourth-order valence-electron chi connectivity index (χ4n) is 8.44. The SMILES string of the molecule is C=C(NC(=O)c1csc(-c2nc3c(cc2O)-c2nc(cs2)C(=O)N[C@@H]([C@H](C)O)C(=O)N/C(=C\C)c2nc(cs2)C(=O)N[C@H]2C[C@H](O)C(=O)OCc4cccc5[nH]c(c(C)c45)C(=O)SC[C@@H](NC(=O)c4csc2n4)c2nc-3cs2)n1)C(N)=O. The number of primary amides is 1. The molecule has 0 saturated carbocycles. The van der Waals surface area contributed by atoms with Crippen LogP contribution in [0.25, 0.3) is 49.3 Å². The lowest BCUT2D eigenvalue weighted by atomic mass is 10.1. The second-order valence-corrected chi connectivity index (χ2v) is 23.5. The third kappa shape index (κ3) is 11.7. The standard InChI is InChI=1S/C51H43N13O12S6/c1-5-23-46-60-28(14-79-46)41(70)56-25-10-33(67)50(74)76-11-21-7-6-8-24-34(21)18(2)35(54-24)51(75)82-17-31(57-42(71)29-15-80-47(25)61-29)48-58-26(12-78-48)37-22(45-59-30(13-77-45)43(72)64-36(20(4)65)44(73)55-23)9-32(66)38(63-37)49-62-27(16-81-49)40(69)53-19(3)39(52)68/h5-9,12-16,20,25,31,33,36,54,65-67H,3,10-11,17H2,1-2,4H3,(H2,52,68)(H,53,69)(H,55,73)(H,56,70)(H,57,71)(H,64,72)/b23-5-/t20-,25-,31+,33-,36-/m0/s1. The molecule has 9 heterocycles. The molecule has 82 heavy (non-hydrogen) atoms. The van der Waals surface area contributed by atoms with Gasteiger partial charge in [0.2, 0.25) is 11.0 Å². The number of esters is 1. The van der Waals surface area contributed by atoms with Crippen molar-refractivity contribution in [3.8, 4) is 38.4 Å². The highest BCUT2D eigenvalue weighted by atomic mass is 32.2. The molecule has 10 rings (SSSR count). The number of hydrogen-bond donors (Lipinski definition) is 10. The molecule has 7 aromatic heterocycles. The largest absolute Gasteiger partial charge is 0.506 e. The van der Waals surface area contributed by atoms with Crippen molar-refractivity contribution in [1.29, 1.82) is 0 Å². The van der Waals surface area contributed by atoms with E-state index in [0.29, 0.717) is 22.0 Å². The monoisotopic (exact) mass is 1220 g/mol. The number of carbonyl (C=O) groups is 8. The number of H-pyrrole nitrogens is 1. The minimum atomic E-state index is -1.84. The molecule has 0 fully saturated rings. The number of nitrogens with one attached hydrogen (secondary N) is 6. The number of aryl methyl sites for hydroxylation is 1. The van der Waals surface area contributed by atoms with Crippen molar-refractivity contribution in [2.75, 3.05) is 5.75 Å². The molecule has 2 aliphatic rings. The number of nitrogens with two attached hydrogens (primary N) is 1. The van der Waals surface area contributed by atoms with Crippen molar-refractivity contribution >= 4 is 132 Å². The Morgan fingerprint density at radius 1 is 0.817 bits per heavy atom. The Kier molecular flexibility index (Phi) is 16.3. The van der Waals surface area contributed by atoms with E-state index in [2.05, 4.69) is 58.1 Å². The molecule has 31 heteroatoms. The van der Waals surface area contributed by atoms with E-state index in [1.54, 1.807) is 37.4 Å². The van der Waals surface area contributed by atoms with Crippen LogP contribution in [0.3, 0.4) is 0 Å². The van der Waals surface area contributed by atoms with Crippen molar-refractivity contribution in [2.24, 2.45) is 5.73 Å². The Bertz CT molecular complexity index is 3990. The van der Waals surface area contributed by atoms with Gasteiger partial charge in [-0.2, -0.15) is 0 Å². The van der Waals surface area contributed by atoms with Gasteiger partial charge in [0, 0.05) is 55.5 Å². The van der Waals surface area contributed by atoms with Crippen molar-refractivity contribution in [1.82, 2.24) is 61.5 Å². The lowest BCUT2D eigenvalue weighted by Gasteiger charge is -2.21. The number of carbonyl (C=O) groups excluding carboxylic acids is 8. The Balaban J connectivity index is 1.11. The highest BCUT2D eigenvalue weighted by Crippen LogP contribution is 2.42. The highest BCUT2D eigenvalue weighted by molar-refractivity contribution is 8.14. The fraction of sp³-hybridized carbons (Fsp3) is 0.216. The molecule has 8 aromatic rings. The summed E-state index contributed by atoms with van der Waals surface area (Å²) >= 11 is 5.73. The van der Waals surface area contributed by atoms with Gasteiger partial charge in [-0.15, -0.1) is 56.7 Å². The number of benzene rings is 1. The molecule has 11 N–H and O–H groups in total. The number of aromatic nitrogens is 7. The molecule has 25 nitrogen and oxygen atoms in total. The Labute approximate surface area is 486 Å². The average Bonchev–Trinajstić information content (AvgIpc) is 4.37. The maximum Gasteiger partial charge on any atom is 0.335 e. The first-order valence-electron chi connectivity index (χ1n) is 24.3. The second-order valence-electron chi connectivity index (χ2n) is 18.2. The van der Waals surface area contributed by atoms with Crippen LogP contribution in [-0.4, -0.2) is 121 Å². The van der Waals surface area contributed by atoms with Gasteiger partial charge in [0.15, 0.2) is 6.10 Å². The molecule has 0 radical (unpaired) electrons. The minimum absolute atomic E-state index is 0.0405. The van der Waals surface area contributed by atoms with Crippen LogP contribution in [0.5, 0.6) is 5.75 Å². The molecule has 0 spiro atoms. The van der Waals surface area contributed by atoms with Crippen LogP contribution in [-0.2, 0) is 25.7 Å². The van der Waals surface area contributed by atoms with Gasteiger partial charge in [-0.25, -0.2) is 34.7 Å². The van der Waals surface area contributed by atoms with Crippen molar-refractivity contribution < 1.29 is 58.4 Å². The number of pyridine rings is 1. The number of allylic oxidation sites excluding steroid dienone is 1. The lowest BCUT2D eigenvalue weighted by molar-refractivity contribution is -0.155. The van der Waals surface area contributed by atoms with E-state index in [0.717, 1.165) is 68.4 Å². The van der Waals surface area contributed by atoms with Gasteiger partial charge >= 0.3 is 5.97 Å². The van der Waals surface area contributed by atoms with Gasteiger partial charge in [0.1, 0.15) is 83.3 Å². The van der Waals surface area contributed by atoms with Crippen LogP contribution >= 0.6 is 68.4 Å². The fourth-order valence-corrected chi connectivity index (χ4v) is 13.6. The van der Waals surface area contributed by atoms with E-state index in [9.17, 15) is 53.7 Å². The molecule has 0 aliphatic carbocycles. The summed E-state index contributed by atoms with van der Waals surface area (Å²) in [5.41, 5.74) is 6.39. The molecular weight excluding hydrogens is 1180 g/mol. The maximum atomic E-state index is 14.5. The normalized spacial score (nSPS) is 19.2. The number of aromatic amines is 1. The molecule has 12 bridgehead atoms. The third-order valence-electron chi connectivity index (χ3n) is 12.6. The van der Waals surface area contributed by atoms with Gasteiger partial charge in [-0.1, -0.05) is 36.5 Å². The number of aliphatic hydroxyl groups excluding tert-OH is 2. The zero-order chi connectivity index (χ0) is 58.3. The van der Waals surface area contributed by atoms with E-state index in [1.807, 2.05) is 0 Å². The summed E-state index contributed by atoms with van der Waals surface area (Å²) in [6.07, 6.45) is -2.29. The van der Waals surface area contributed by atoms with E-state index in [1.165, 1.54) is 40.6 Å². The van der Waals surface area contributed by atoms with E-state index < -0.39 is 89.0 Å². The Hall–Kier alpha value is -8.43. The first-order valence-corrected chi connectivity index (χ1v) is 29.7. The van der Waals surface area contributed by atoms with Crippen LogP contribution < -0.4 is 32.3 Å². The number of aromatic hydroxyl groups is 1. The number of cyclic esters (lactones) is 1. The van der Waals surface area contributed by atoms with Crippen LogP contribution in [0.2, 0.25) is 0 Å². The number of nitrogens with zero attached hydrogens (tertiary/aromatic N) is 6. The summed E-state index contributed by atoms with van der Waals surface area (Å²) < 4.78 is 5.63. The number of fused-ring (bicyclic) bond motifs is 13. The summed E-state index contributed by atoms with van der Waals surface area (Å²) in [6, 6.07) is 2.64. The molecular formula is C51H43N13O12S6. The predicted octanol–water partition coefficient (Wildman–Crippen LogP) is 4.88. The second kappa shape index (κ2) is 23.6. The molecule has 2 aliphatic heterocycles. The minimum Gasteiger partial charge on any atom is -0.506 e. The summed E-state index contributed by atoms with van der Waals surface area (Å²) in [7, 11) is 0. The predicted molar refractivity (Wildman–Crippen MR) is 305 cm³/mol. The summed E-state index contributed by atoms with van der Waals surface area (Å²) in [5.74, 6) is -6.66. The molecule has 0 saturated heterocycles. The highest BCUT2D eigenvalue weighted by Gasteiger charge is 2.33. The summed E-state index contributed by atoms with van der Waals surface area (Å²) in [4.78, 5) is 140. The van der Waals surface area contributed by atoms with E-state index >= 15 is 0 Å². The van der Waals surface area contributed by atoms with Crippen molar-refractivity contribution in [3.63, 3.8) is 0 Å². The number of rotatable bonds is 5. The van der Waals surface area contributed by atoms with Gasteiger partial charge in [-0.05, 0) is 44.0 Å². The van der Waals surface area contributed by atoms with E-state index in [4.69, 9.17) is 20.4 Å². The zero-order valence-corrected chi connectivity index (χ0v) is 47.6. The first-order chi connectivity index (χ1) is 39.2. The van der Waals surface area contributed by atoms with Crippen molar-refractivity contribution in [3.05, 3.63) is 124 Å². The topological polar surface area (TPSA) is 386 Å². The Morgan fingerprint density at radius 3 is 2.17 bits per heavy atom. The van der Waals surface area contributed by atoms with Gasteiger partial charge in [-0.3, -0.25) is 33.6 Å². The zero-order valence-electron chi connectivity index (χ0n) is 42.7. The molecule has 0 unspecified atom stereocenters. The quantitative estimate of drug-likeness (QED) is 0.0810. The molecule has 5 atom stereocenters. The smallest absolute Gasteiger partial charge is 0.335 e. The van der Waals surface area contributed by atoms with Gasteiger partial charge in [0.05, 0.1) is 35.3 Å². The van der Waals surface area contributed by atoms with E-state index in [-0.39, 0.29) is 99.9 Å². The van der Waals surface area contributed by atoms with Crippen LogP contribution in [0.15, 0.2) is 69.5 Å². The summed E-state index contributed by atoms with van der Waals surface area (Å²) in [5, 5.41) is 55.1. The maximum absolute atomic E-state index is 14.5. The Morgan fingerprint density at radius 2 is 1.45 bits per heavy atom. The van der Waals surface area contributed by atoms with Crippen LogP contribution in [0.1, 0.15) is 111 Å². The number of thiazole rings is 5. The average molecular weight is 1220 g/mol. The van der Waals surface area contributed by atoms with Gasteiger partial charge in [0.25, 0.3) is 29.5 Å². The number of hydrogen-bond acceptors (Lipinski definition) is 24. The lowest BCUT2D eigenvalue weighted by Crippen LogP contribution is -2.52. The number of amides is 6. The third-order valence-corrected chi connectivity index (χ3v) is 18.1. The molecule has 420 valence electrons. The molecule has 6 amide bonds. The van der Waals surface area contributed by atoms with Crippen molar-refractivity contribution in [2.45, 2.75) is 64.1 Å². The number of ether oxygens (including phenoxy) is 1. The number of aliphatic hydroxyl groups is 2. The molecule has 1 aromatic carbocycles. The van der Waals surface area contributed by atoms with Crippen LogP contribution in [0, 0.1) is 6.92 Å².